The van der Waals surface area contributed by atoms with Crippen LogP contribution in [0.5, 0.6) is 0 Å². The summed E-state index contributed by atoms with van der Waals surface area (Å²) in [5.41, 5.74) is 6.21. The van der Waals surface area contributed by atoms with Crippen molar-refractivity contribution in [3.63, 3.8) is 0 Å². The Bertz CT molecular complexity index is 526. The lowest BCUT2D eigenvalue weighted by atomic mass is 10.1. The molecule has 7 nitrogen and oxygen atoms in total. The number of nitrogens with two attached hydrogens (primary N) is 1. The third kappa shape index (κ3) is 3.94. The summed E-state index contributed by atoms with van der Waals surface area (Å²) in [5.74, 6) is -0.522. The number of allylic oxidation sites excluding steroid dienone is 1. The molecule has 0 radical (unpaired) electrons. The van der Waals surface area contributed by atoms with Crippen molar-refractivity contribution in [3.8, 4) is 0 Å². The summed E-state index contributed by atoms with van der Waals surface area (Å²) in [6.45, 7) is 3.09. The van der Waals surface area contributed by atoms with Crippen LogP contribution in [0.1, 0.15) is 25.5 Å². The number of H-pyrrole nitrogens is 1. The number of carbonyl (C=O) groups is 2. The number of amides is 2. The molecule has 2 rings (SSSR count). The number of hydrogen-bond donors (Lipinski definition) is 3. The van der Waals surface area contributed by atoms with Gasteiger partial charge in [-0.25, -0.2) is 4.98 Å². The molecule has 22 heavy (non-hydrogen) atoms. The first-order valence-electron chi connectivity index (χ1n) is 7.55. The highest BCUT2D eigenvalue weighted by Gasteiger charge is 2.35. The molecule has 4 N–H and O–H groups in total. The summed E-state index contributed by atoms with van der Waals surface area (Å²) in [4.78, 5) is 32.9. The number of imidazole rings is 1. The molecular formula is C15H23N5O2. The van der Waals surface area contributed by atoms with Crippen LogP contribution in [0.15, 0.2) is 24.7 Å². The Hall–Kier alpha value is -2.15. The fourth-order valence-electron chi connectivity index (χ4n) is 2.71. The molecule has 0 aromatic carbocycles. The molecule has 1 saturated heterocycles. The molecule has 0 spiro atoms. The third-order valence-corrected chi connectivity index (χ3v) is 3.85. The first-order valence-corrected chi connectivity index (χ1v) is 7.55. The molecule has 1 fully saturated rings. The van der Waals surface area contributed by atoms with Crippen LogP contribution in [-0.4, -0.2) is 51.9 Å². The fourth-order valence-corrected chi connectivity index (χ4v) is 2.71. The number of aromatic nitrogens is 2. The normalized spacial score (nSPS) is 19.7. The predicted octanol–water partition coefficient (Wildman–Crippen LogP) is -0.0372. The summed E-state index contributed by atoms with van der Waals surface area (Å²) >= 11 is 0. The van der Waals surface area contributed by atoms with Crippen molar-refractivity contribution in [1.29, 1.82) is 0 Å². The minimum atomic E-state index is -0.488. The van der Waals surface area contributed by atoms with E-state index in [0.29, 0.717) is 25.9 Å². The number of aromatic amines is 1. The van der Waals surface area contributed by atoms with Crippen LogP contribution < -0.4 is 11.1 Å². The van der Waals surface area contributed by atoms with Gasteiger partial charge < -0.3 is 20.9 Å². The van der Waals surface area contributed by atoms with E-state index >= 15 is 0 Å². The Morgan fingerprint density at radius 2 is 2.45 bits per heavy atom. The predicted molar refractivity (Wildman–Crippen MR) is 82.8 cm³/mol. The minimum Gasteiger partial charge on any atom is -0.368 e. The molecule has 0 saturated carbocycles. The van der Waals surface area contributed by atoms with Crippen LogP contribution in [0, 0.1) is 0 Å². The summed E-state index contributed by atoms with van der Waals surface area (Å²) in [7, 11) is 0. The molecular weight excluding hydrogens is 282 g/mol. The van der Waals surface area contributed by atoms with Crippen LogP contribution in [0.2, 0.25) is 0 Å². The Balaban J connectivity index is 2.08. The number of nitrogens with one attached hydrogen (secondary N) is 2. The summed E-state index contributed by atoms with van der Waals surface area (Å²) < 4.78 is 0. The van der Waals surface area contributed by atoms with E-state index in [-0.39, 0.29) is 5.91 Å². The van der Waals surface area contributed by atoms with E-state index in [0.717, 1.165) is 12.1 Å². The van der Waals surface area contributed by atoms with Crippen molar-refractivity contribution >= 4 is 11.8 Å². The molecule has 2 heterocycles. The van der Waals surface area contributed by atoms with Gasteiger partial charge in [0.2, 0.25) is 11.8 Å². The van der Waals surface area contributed by atoms with Gasteiger partial charge in [-0.15, -0.1) is 0 Å². The first kappa shape index (κ1) is 16.2. The topological polar surface area (TPSA) is 104 Å². The van der Waals surface area contributed by atoms with E-state index in [1.54, 1.807) is 17.4 Å². The molecule has 7 heteroatoms. The number of likely N-dealkylation sites (tertiary alicyclic amines) is 1. The Morgan fingerprint density at radius 1 is 1.64 bits per heavy atom. The van der Waals surface area contributed by atoms with E-state index in [1.807, 2.05) is 19.1 Å². The number of nitrogens with zero attached hydrogens (tertiary/aromatic N) is 2. The van der Waals surface area contributed by atoms with Gasteiger partial charge in [-0.1, -0.05) is 12.2 Å². The molecule has 0 aliphatic carbocycles. The Kier molecular flexibility index (Phi) is 5.71. The van der Waals surface area contributed by atoms with Gasteiger partial charge >= 0.3 is 0 Å². The maximum atomic E-state index is 12.8. The van der Waals surface area contributed by atoms with Crippen LogP contribution >= 0.6 is 0 Å². The van der Waals surface area contributed by atoms with Gasteiger partial charge in [-0.2, -0.15) is 0 Å². The molecule has 120 valence electrons. The smallest absolute Gasteiger partial charge is 0.240 e. The number of hydrogen-bond acceptors (Lipinski definition) is 4. The lowest BCUT2D eigenvalue weighted by molar-refractivity contribution is -0.139. The average Bonchev–Trinajstić information content (AvgIpc) is 3.16. The summed E-state index contributed by atoms with van der Waals surface area (Å²) in [6.07, 6.45) is 9.15. The molecule has 0 bridgehead atoms. The molecule has 1 aromatic rings. The number of primary amides is 1. The molecule has 2 atom stereocenters. The first-order chi connectivity index (χ1) is 10.6. The lowest BCUT2D eigenvalue weighted by Gasteiger charge is -2.27. The SMILES string of the molecule is C/C=C/CN[C@@H](Cc1c[nH]cn1)C(=O)N1CCC[C@H]1C(N)=O. The Morgan fingerprint density at radius 3 is 3.09 bits per heavy atom. The fraction of sp³-hybridized carbons (Fsp3) is 0.533. The highest BCUT2D eigenvalue weighted by molar-refractivity contribution is 5.89. The van der Waals surface area contributed by atoms with Crippen molar-refractivity contribution in [2.24, 2.45) is 5.73 Å². The van der Waals surface area contributed by atoms with Crippen LogP contribution in [0.3, 0.4) is 0 Å². The van der Waals surface area contributed by atoms with E-state index in [1.165, 1.54) is 0 Å². The van der Waals surface area contributed by atoms with Gasteiger partial charge in [0.25, 0.3) is 0 Å². The highest BCUT2D eigenvalue weighted by Crippen LogP contribution is 2.18. The van der Waals surface area contributed by atoms with Gasteiger partial charge in [0.1, 0.15) is 6.04 Å². The molecule has 2 amide bonds. The van der Waals surface area contributed by atoms with Crippen molar-refractivity contribution in [2.75, 3.05) is 13.1 Å². The van der Waals surface area contributed by atoms with Crippen LogP contribution in [0.4, 0.5) is 0 Å². The van der Waals surface area contributed by atoms with Crippen molar-refractivity contribution in [3.05, 3.63) is 30.4 Å². The van der Waals surface area contributed by atoms with Gasteiger partial charge in [-0.05, 0) is 19.8 Å². The zero-order chi connectivity index (χ0) is 15.9. The van der Waals surface area contributed by atoms with E-state index in [4.69, 9.17) is 5.73 Å². The quantitative estimate of drug-likeness (QED) is 0.615. The third-order valence-electron chi connectivity index (χ3n) is 3.85. The van der Waals surface area contributed by atoms with E-state index < -0.39 is 18.0 Å². The van der Waals surface area contributed by atoms with Gasteiger partial charge in [-0.3, -0.25) is 9.59 Å². The lowest BCUT2D eigenvalue weighted by Crippen LogP contribution is -2.52. The highest BCUT2D eigenvalue weighted by atomic mass is 16.2. The number of carbonyl (C=O) groups excluding carboxylic acids is 2. The van der Waals surface area contributed by atoms with E-state index in [2.05, 4.69) is 15.3 Å². The van der Waals surface area contributed by atoms with Gasteiger partial charge in [0.15, 0.2) is 0 Å². The maximum Gasteiger partial charge on any atom is 0.240 e. The van der Waals surface area contributed by atoms with Crippen LogP contribution in [0.25, 0.3) is 0 Å². The Labute approximate surface area is 130 Å². The zero-order valence-corrected chi connectivity index (χ0v) is 12.8. The summed E-state index contributed by atoms with van der Waals surface area (Å²) in [5, 5.41) is 3.21. The van der Waals surface area contributed by atoms with Crippen LogP contribution in [-0.2, 0) is 16.0 Å². The zero-order valence-electron chi connectivity index (χ0n) is 12.8. The van der Waals surface area contributed by atoms with Crippen molar-refractivity contribution in [2.45, 2.75) is 38.3 Å². The second-order valence-corrected chi connectivity index (χ2v) is 5.39. The van der Waals surface area contributed by atoms with Crippen molar-refractivity contribution in [1.82, 2.24) is 20.2 Å². The van der Waals surface area contributed by atoms with E-state index in [9.17, 15) is 9.59 Å². The molecule has 1 aliphatic rings. The largest absolute Gasteiger partial charge is 0.368 e. The average molecular weight is 305 g/mol. The van der Waals surface area contributed by atoms with Gasteiger partial charge in [0, 0.05) is 25.7 Å². The van der Waals surface area contributed by atoms with Gasteiger partial charge in [0.05, 0.1) is 18.1 Å². The number of rotatable bonds is 7. The minimum absolute atomic E-state index is 0.0891. The maximum absolute atomic E-state index is 12.8. The molecule has 1 aliphatic heterocycles. The second kappa shape index (κ2) is 7.74. The molecule has 1 aromatic heterocycles. The standard InChI is InChI=1S/C15H23N5O2/c1-2-3-6-18-12(8-11-9-17-10-19-11)15(22)20-7-4-5-13(20)14(16)21/h2-3,9-10,12-13,18H,4-8H2,1H3,(H2,16,21)(H,17,19)/b3-2+/t12-,13-/m0/s1. The van der Waals surface area contributed by atoms with Crippen molar-refractivity contribution < 1.29 is 9.59 Å². The molecule has 0 unspecified atom stereocenters. The monoisotopic (exact) mass is 305 g/mol. The second-order valence-electron chi connectivity index (χ2n) is 5.39. The summed E-state index contributed by atoms with van der Waals surface area (Å²) in [6, 6.07) is -0.905.